The predicted molar refractivity (Wildman–Crippen MR) is 135 cm³/mol. The topological polar surface area (TPSA) is 106 Å². The van der Waals surface area contributed by atoms with Gasteiger partial charge in [-0.05, 0) is 36.6 Å². The maximum Gasteiger partial charge on any atom is 0.338 e. The van der Waals surface area contributed by atoms with Gasteiger partial charge in [-0.25, -0.2) is 14.3 Å². The normalized spacial score (nSPS) is 14.9. The Kier molecular flexibility index (Phi) is 7.77. The zero-order valence-electron chi connectivity index (χ0n) is 19.3. The summed E-state index contributed by atoms with van der Waals surface area (Å²) in [6, 6.07) is 13.3. The summed E-state index contributed by atoms with van der Waals surface area (Å²) in [5.41, 5.74) is 2.30. The highest BCUT2D eigenvalue weighted by atomic mass is 35.5. The van der Waals surface area contributed by atoms with Crippen molar-refractivity contribution in [2.24, 2.45) is 0 Å². The van der Waals surface area contributed by atoms with Gasteiger partial charge in [0.15, 0.2) is 0 Å². The minimum absolute atomic E-state index is 0.0813. The van der Waals surface area contributed by atoms with Gasteiger partial charge in [-0.2, -0.15) is 4.98 Å². The summed E-state index contributed by atoms with van der Waals surface area (Å²) in [6.45, 7) is 4.04. The lowest BCUT2D eigenvalue weighted by molar-refractivity contribution is -0.139. The molecular weight excluding hydrogens is 488 g/mol. The van der Waals surface area contributed by atoms with Crippen LogP contribution < -0.4 is 5.32 Å². The Morgan fingerprint density at radius 1 is 1.20 bits per heavy atom. The van der Waals surface area contributed by atoms with Gasteiger partial charge in [0.1, 0.15) is 6.04 Å². The lowest BCUT2D eigenvalue weighted by Gasteiger charge is -2.28. The average Bonchev–Trinajstić information content (AvgIpc) is 3.25. The van der Waals surface area contributed by atoms with Gasteiger partial charge in [-0.1, -0.05) is 73.1 Å². The predicted octanol–water partition coefficient (Wildman–Crippen LogP) is 5.55. The SMILES string of the molecule is CCCCOC(=O)C1=C(C)Nc2nc(SCc3ccccc3Cl)nn2C1c1ccccc1C(=O)O. The molecule has 10 heteroatoms. The third-order valence-corrected chi connectivity index (χ3v) is 6.84. The van der Waals surface area contributed by atoms with Crippen LogP contribution in [0.3, 0.4) is 0 Å². The molecule has 0 spiro atoms. The number of carbonyl (C=O) groups is 2. The summed E-state index contributed by atoms with van der Waals surface area (Å²) >= 11 is 7.68. The molecule has 0 fully saturated rings. The van der Waals surface area contributed by atoms with Gasteiger partial charge >= 0.3 is 11.9 Å². The van der Waals surface area contributed by atoms with E-state index in [-0.39, 0.29) is 12.2 Å². The number of rotatable bonds is 9. The molecule has 1 aliphatic rings. The van der Waals surface area contributed by atoms with Crippen LogP contribution in [0.15, 0.2) is 65.0 Å². The molecule has 1 aromatic heterocycles. The number of ether oxygens (including phenoxy) is 1. The standard InChI is InChI=1S/C25H25ClN4O4S/c1-3-4-13-34-23(33)20-15(2)27-24-28-25(35-14-16-9-5-8-12-19(16)26)29-30(24)21(20)17-10-6-7-11-18(17)22(31)32/h5-12,21H,3-4,13-14H2,1-2H3,(H,31,32)(H,27,28,29). The fraction of sp³-hybridized carbons (Fsp3) is 0.280. The van der Waals surface area contributed by atoms with Crippen molar-refractivity contribution < 1.29 is 19.4 Å². The number of fused-ring (bicyclic) bond motifs is 1. The molecule has 2 heterocycles. The molecule has 0 amide bonds. The molecule has 0 saturated carbocycles. The van der Waals surface area contributed by atoms with E-state index in [2.05, 4.69) is 15.4 Å². The highest BCUT2D eigenvalue weighted by Gasteiger charge is 2.37. The number of hydrogen-bond acceptors (Lipinski definition) is 7. The fourth-order valence-corrected chi connectivity index (χ4v) is 4.93. The van der Waals surface area contributed by atoms with Crippen LogP contribution in [0, 0.1) is 0 Å². The van der Waals surface area contributed by atoms with Crippen molar-refractivity contribution in [3.05, 3.63) is 81.5 Å². The molecule has 1 unspecified atom stereocenters. The number of carboxylic acid groups (broad SMARTS) is 1. The quantitative estimate of drug-likeness (QED) is 0.218. The van der Waals surface area contributed by atoms with Crippen LogP contribution in [0.5, 0.6) is 0 Å². The number of anilines is 1. The van der Waals surface area contributed by atoms with Crippen LogP contribution in [-0.2, 0) is 15.3 Å². The Morgan fingerprint density at radius 3 is 2.69 bits per heavy atom. The highest BCUT2D eigenvalue weighted by molar-refractivity contribution is 7.98. The van der Waals surface area contributed by atoms with Gasteiger partial charge in [0, 0.05) is 16.5 Å². The van der Waals surface area contributed by atoms with Crippen LogP contribution in [0.2, 0.25) is 5.02 Å². The van der Waals surface area contributed by atoms with Gasteiger partial charge in [-0.15, -0.1) is 5.10 Å². The largest absolute Gasteiger partial charge is 0.478 e. The third-order valence-electron chi connectivity index (χ3n) is 5.58. The summed E-state index contributed by atoms with van der Waals surface area (Å²) in [6.07, 6.45) is 1.62. The fourth-order valence-electron chi connectivity index (χ4n) is 3.82. The lowest BCUT2D eigenvalue weighted by atomic mass is 9.92. The van der Waals surface area contributed by atoms with E-state index in [1.807, 2.05) is 31.2 Å². The van der Waals surface area contributed by atoms with Crippen molar-refractivity contribution in [1.29, 1.82) is 0 Å². The summed E-state index contributed by atoms with van der Waals surface area (Å²) in [7, 11) is 0. The van der Waals surface area contributed by atoms with E-state index in [1.54, 1.807) is 29.8 Å². The van der Waals surface area contributed by atoms with Crippen molar-refractivity contribution in [3.8, 4) is 0 Å². The van der Waals surface area contributed by atoms with Gasteiger partial charge in [0.05, 0.1) is 17.7 Å². The molecule has 35 heavy (non-hydrogen) atoms. The number of allylic oxidation sites excluding steroid dienone is 1. The van der Waals surface area contributed by atoms with E-state index < -0.39 is 18.0 Å². The number of esters is 1. The number of nitrogens with one attached hydrogen (secondary N) is 1. The van der Waals surface area contributed by atoms with Crippen LogP contribution in [0.25, 0.3) is 0 Å². The number of carboxylic acids is 1. The number of aromatic carboxylic acids is 1. The van der Waals surface area contributed by atoms with Crippen LogP contribution in [0.1, 0.15) is 54.2 Å². The van der Waals surface area contributed by atoms with Crippen LogP contribution in [-0.4, -0.2) is 38.4 Å². The van der Waals surface area contributed by atoms with Gasteiger partial charge < -0.3 is 15.2 Å². The van der Waals surface area contributed by atoms with E-state index in [1.165, 1.54) is 17.8 Å². The van der Waals surface area contributed by atoms with Crippen molar-refractivity contribution in [1.82, 2.24) is 14.8 Å². The minimum Gasteiger partial charge on any atom is -0.478 e. The molecule has 4 rings (SSSR count). The van der Waals surface area contributed by atoms with E-state index in [0.717, 1.165) is 18.4 Å². The number of thioether (sulfide) groups is 1. The molecule has 0 radical (unpaired) electrons. The number of carbonyl (C=O) groups excluding carboxylic acids is 1. The summed E-state index contributed by atoms with van der Waals surface area (Å²) in [5.74, 6) is -0.636. The Labute approximate surface area is 212 Å². The van der Waals surface area contributed by atoms with E-state index in [0.29, 0.717) is 38.7 Å². The maximum absolute atomic E-state index is 13.2. The van der Waals surface area contributed by atoms with Gasteiger partial charge in [0.2, 0.25) is 11.1 Å². The zero-order valence-corrected chi connectivity index (χ0v) is 20.9. The summed E-state index contributed by atoms with van der Waals surface area (Å²) < 4.78 is 7.07. The number of aromatic nitrogens is 3. The highest BCUT2D eigenvalue weighted by Crippen LogP contribution is 2.38. The second-order valence-corrected chi connectivity index (χ2v) is 9.34. The monoisotopic (exact) mass is 512 g/mol. The Hall–Kier alpha value is -3.30. The van der Waals surface area contributed by atoms with Gasteiger partial charge in [0.25, 0.3) is 0 Å². The first kappa shape index (κ1) is 24.8. The molecule has 0 aliphatic carbocycles. The lowest BCUT2D eigenvalue weighted by Crippen LogP contribution is -2.30. The molecule has 2 N–H and O–H groups in total. The average molecular weight is 513 g/mol. The van der Waals surface area contributed by atoms with Crippen molar-refractivity contribution in [2.45, 2.75) is 43.6 Å². The molecule has 1 atom stereocenters. The maximum atomic E-state index is 13.2. The Morgan fingerprint density at radius 2 is 1.94 bits per heavy atom. The second-order valence-electron chi connectivity index (χ2n) is 7.99. The van der Waals surface area contributed by atoms with Crippen LogP contribution >= 0.6 is 23.4 Å². The minimum atomic E-state index is -1.09. The first-order chi connectivity index (χ1) is 16.9. The number of halogens is 1. The smallest absolute Gasteiger partial charge is 0.338 e. The Balaban J connectivity index is 1.73. The first-order valence-corrected chi connectivity index (χ1v) is 12.6. The number of hydrogen-bond donors (Lipinski definition) is 2. The second kappa shape index (κ2) is 11.0. The van der Waals surface area contributed by atoms with E-state index >= 15 is 0 Å². The molecule has 0 bridgehead atoms. The molecule has 0 saturated heterocycles. The summed E-state index contributed by atoms with van der Waals surface area (Å²) in [5, 5.41) is 18.8. The van der Waals surface area contributed by atoms with E-state index in [4.69, 9.17) is 16.3 Å². The summed E-state index contributed by atoms with van der Waals surface area (Å²) in [4.78, 5) is 29.8. The van der Waals surface area contributed by atoms with Crippen molar-refractivity contribution in [2.75, 3.05) is 11.9 Å². The third kappa shape index (κ3) is 5.36. The molecule has 182 valence electrons. The Bertz CT molecular complexity index is 1290. The molecule has 8 nitrogen and oxygen atoms in total. The number of nitrogens with zero attached hydrogens (tertiary/aromatic N) is 3. The molecular formula is C25H25ClN4O4S. The van der Waals surface area contributed by atoms with Gasteiger partial charge in [-0.3, -0.25) is 0 Å². The zero-order chi connectivity index (χ0) is 24.9. The molecule has 1 aliphatic heterocycles. The van der Waals surface area contributed by atoms with E-state index in [9.17, 15) is 14.7 Å². The molecule has 2 aromatic carbocycles. The van der Waals surface area contributed by atoms with Crippen molar-refractivity contribution in [3.63, 3.8) is 0 Å². The number of benzene rings is 2. The number of unbranched alkanes of at least 4 members (excludes halogenated alkanes) is 1. The van der Waals surface area contributed by atoms with Crippen LogP contribution in [0.4, 0.5) is 5.95 Å². The first-order valence-electron chi connectivity index (χ1n) is 11.2. The van der Waals surface area contributed by atoms with Crippen molar-refractivity contribution >= 4 is 41.2 Å². The molecule has 3 aromatic rings.